The van der Waals surface area contributed by atoms with Crippen molar-refractivity contribution in [3.05, 3.63) is 59.7 Å². The van der Waals surface area contributed by atoms with Gasteiger partial charge in [0.2, 0.25) is 0 Å². The first-order valence-electron chi connectivity index (χ1n) is 22.1. The average molecular weight is 850 g/mol. The first kappa shape index (κ1) is 51.6. The average Bonchev–Trinajstić information content (AvgIpc) is 3.59. The van der Waals surface area contributed by atoms with E-state index in [1.807, 2.05) is 24.3 Å². The van der Waals surface area contributed by atoms with E-state index in [4.69, 9.17) is 56.8 Å². The van der Waals surface area contributed by atoms with E-state index >= 15 is 0 Å². The monoisotopic (exact) mass is 850 g/mol. The van der Waals surface area contributed by atoms with E-state index in [1.54, 1.807) is 7.05 Å². The van der Waals surface area contributed by atoms with Gasteiger partial charge in [0, 0.05) is 26.1 Å². The second kappa shape index (κ2) is 36.9. The third-order valence-electron chi connectivity index (χ3n) is 9.58. The van der Waals surface area contributed by atoms with Crippen LogP contribution in [0.25, 0.3) is 11.1 Å². The summed E-state index contributed by atoms with van der Waals surface area (Å²) in [5.41, 5.74) is 4.80. The van der Waals surface area contributed by atoms with E-state index in [-0.39, 0.29) is 12.0 Å². The second-order valence-electron chi connectivity index (χ2n) is 14.2. The van der Waals surface area contributed by atoms with E-state index in [0.29, 0.717) is 152 Å². The third kappa shape index (κ3) is 24.6. The maximum Gasteiger partial charge on any atom is 0.409 e. The van der Waals surface area contributed by atoms with E-state index in [2.05, 4.69) is 31.2 Å². The summed E-state index contributed by atoms with van der Waals surface area (Å²) in [6.07, 6.45) is 7.29. The van der Waals surface area contributed by atoms with E-state index in [9.17, 15) is 4.79 Å². The Morgan fingerprint density at radius 1 is 0.433 bits per heavy atom. The fraction of sp³-hybridized carbons (Fsp3) is 0.717. The van der Waals surface area contributed by atoms with Gasteiger partial charge in [-0.05, 0) is 28.7 Å². The maximum absolute atomic E-state index is 12.6. The summed E-state index contributed by atoms with van der Waals surface area (Å²) in [4.78, 5) is 14.2. The summed E-state index contributed by atoms with van der Waals surface area (Å²) in [5, 5.41) is 0. The number of unbranched alkanes of at least 4 members (excludes halogenated alkanes) is 5. The van der Waals surface area contributed by atoms with Crippen LogP contribution < -0.4 is 0 Å². The molecule has 1 amide bonds. The van der Waals surface area contributed by atoms with Gasteiger partial charge in [0.15, 0.2) is 0 Å². The predicted molar refractivity (Wildman–Crippen MR) is 230 cm³/mol. The molecule has 0 spiro atoms. The normalized spacial score (nSPS) is 12.2. The van der Waals surface area contributed by atoms with E-state index in [1.165, 1.54) is 59.3 Å². The molecule has 3 rings (SSSR count). The number of hydrogen-bond acceptors (Lipinski definition) is 13. The van der Waals surface area contributed by atoms with Crippen molar-refractivity contribution in [3.8, 4) is 11.1 Å². The molecule has 0 saturated heterocycles. The van der Waals surface area contributed by atoms with Crippen LogP contribution in [0, 0.1) is 0 Å². The molecule has 14 heteroatoms. The highest BCUT2D eigenvalue weighted by molar-refractivity contribution is 5.79. The minimum atomic E-state index is -0.363. The topological polar surface area (TPSA) is 131 Å². The smallest absolute Gasteiger partial charge is 0.409 e. The Balaban J connectivity index is 0.940. The number of nitrogens with zero attached hydrogens (tertiary/aromatic N) is 1. The van der Waals surface area contributed by atoms with Crippen LogP contribution in [0.1, 0.15) is 62.5 Å². The number of fused-ring (bicyclic) bond motifs is 3. The highest BCUT2D eigenvalue weighted by Gasteiger charge is 2.29. The molecule has 14 nitrogen and oxygen atoms in total. The fourth-order valence-electron chi connectivity index (χ4n) is 6.28. The number of ether oxygens (including phenoxy) is 12. The van der Waals surface area contributed by atoms with Gasteiger partial charge in [-0.3, -0.25) is 0 Å². The molecule has 2 aromatic carbocycles. The lowest BCUT2D eigenvalue weighted by Crippen LogP contribution is -2.32. The lowest BCUT2D eigenvalue weighted by molar-refractivity contribution is -0.0276. The molecule has 0 N–H and O–H groups in total. The van der Waals surface area contributed by atoms with Crippen LogP contribution in [0.15, 0.2) is 48.5 Å². The van der Waals surface area contributed by atoms with Gasteiger partial charge in [0.25, 0.3) is 0 Å². The lowest BCUT2D eigenvalue weighted by Gasteiger charge is -2.19. The van der Waals surface area contributed by atoms with Gasteiger partial charge in [0.05, 0.1) is 139 Å². The van der Waals surface area contributed by atoms with Gasteiger partial charge in [-0.15, -0.1) is 0 Å². The molecule has 1 aliphatic rings. The largest absolute Gasteiger partial charge is 0.448 e. The summed E-state index contributed by atoms with van der Waals surface area (Å²) in [5.74, 6) is 0.0385. The highest BCUT2D eigenvalue weighted by atomic mass is 16.6. The number of amides is 1. The quantitative estimate of drug-likeness (QED) is 0.0683. The van der Waals surface area contributed by atoms with E-state index in [0.717, 1.165) is 13.0 Å². The molecule has 2 aromatic rings. The number of likely N-dealkylation sites (N-methyl/N-ethyl adjacent to an activating group) is 1. The van der Waals surface area contributed by atoms with Crippen LogP contribution in [0.5, 0.6) is 0 Å². The van der Waals surface area contributed by atoms with E-state index < -0.39 is 0 Å². The molecule has 0 atom stereocenters. The van der Waals surface area contributed by atoms with Crippen molar-refractivity contribution < 1.29 is 61.6 Å². The first-order valence-corrected chi connectivity index (χ1v) is 22.1. The maximum atomic E-state index is 12.6. The van der Waals surface area contributed by atoms with Crippen LogP contribution in [0.3, 0.4) is 0 Å². The summed E-state index contributed by atoms with van der Waals surface area (Å²) in [7, 11) is 1.72. The van der Waals surface area contributed by atoms with Crippen molar-refractivity contribution in [1.29, 1.82) is 0 Å². The fourth-order valence-corrected chi connectivity index (χ4v) is 6.28. The highest BCUT2D eigenvalue weighted by Crippen LogP contribution is 2.44. The Hall–Kier alpha value is -2.73. The van der Waals surface area contributed by atoms with Crippen LogP contribution in [-0.4, -0.2) is 177 Å². The van der Waals surface area contributed by atoms with Gasteiger partial charge in [-0.1, -0.05) is 87.6 Å². The van der Waals surface area contributed by atoms with Crippen molar-refractivity contribution in [2.75, 3.05) is 166 Å². The van der Waals surface area contributed by atoms with Crippen LogP contribution >= 0.6 is 0 Å². The molecule has 0 radical (unpaired) electrons. The standard InChI is InChI=1S/C46H75NO13/c1-3-4-5-6-7-12-18-49-20-22-51-24-26-53-28-30-55-32-34-57-36-38-59-39-37-58-35-33-56-31-29-54-27-25-52-23-21-50-19-17-47(2)46(48)60-40-45-43-15-10-8-13-41(43)42-14-9-11-16-44(42)45/h8-11,13-16,45H,3-7,12,17-40H2,1-2H3. The number of benzene rings is 2. The first-order chi connectivity index (χ1) is 29.7. The SMILES string of the molecule is CCCCCCCCOCCOCCOCCOCCOCCOCCOCCOCCOCCOCCOCCN(C)C(=O)OCC1c2ccccc2-c2ccccc21. The van der Waals surface area contributed by atoms with Crippen molar-refractivity contribution in [3.63, 3.8) is 0 Å². The van der Waals surface area contributed by atoms with Crippen molar-refractivity contribution in [2.24, 2.45) is 0 Å². The Morgan fingerprint density at radius 3 is 1.13 bits per heavy atom. The molecule has 0 saturated carbocycles. The Bertz CT molecular complexity index is 1260. The third-order valence-corrected chi connectivity index (χ3v) is 9.58. The van der Waals surface area contributed by atoms with Crippen LogP contribution in [-0.2, 0) is 56.8 Å². The van der Waals surface area contributed by atoms with Crippen molar-refractivity contribution in [2.45, 2.75) is 51.4 Å². The zero-order valence-electron chi connectivity index (χ0n) is 36.7. The zero-order valence-corrected chi connectivity index (χ0v) is 36.7. The zero-order chi connectivity index (χ0) is 42.4. The molecule has 0 aromatic heterocycles. The molecule has 0 aliphatic heterocycles. The number of carbonyl (C=O) groups excluding carboxylic acids is 1. The van der Waals surface area contributed by atoms with Gasteiger partial charge < -0.3 is 61.7 Å². The molecule has 1 aliphatic carbocycles. The molecule has 0 heterocycles. The van der Waals surface area contributed by atoms with Crippen molar-refractivity contribution >= 4 is 6.09 Å². The van der Waals surface area contributed by atoms with Gasteiger partial charge >= 0.3 is 6.09 Å². The summed E-state index contributed by atoms with van der Waals surface area (Å²) in [6.45, 7) is 14.4. The van der Waals surface area contributed by atoms with Crippen LogP contribution in [0.2, 0.25) is 0 Å². The van der Waals surface area contributed by atoms with Gasteiger partial charge in [-0.25, -0.2) is 4.79 Å². The molecule has 60 heavy (non-hydrogen) atoms. The molecule has 0 fully saturated rings. The molecule has 0 bridgehead atoms. The van der Waals surface area contributed by atoms with Crippen LogP contribution in [0.4, 0.5) is 4.79 Å². The second-order valence-corrected chi connectivity index (χ2v) is 14.2. The molecular formula is C46H75NO13. The summed E-state index contributed by atoms with van der Waals surface area (Å²) < 4.78 is 66.7. The number of hydrogen-bond donors (Lipinski definition) is 0. The summed E-state index contributed by atoms with van der Waals surface area (Å²) >= 11 is 0. The number of carbonyl (C=O) groups is 1. The molecular weight excluding hydrogens is 774 g/mol. The Kier molecular flexibility index (Phi) is 31.7. The lowest BCUT2D eigenvalue weighted by atomic mass is 9.98. The molecule has 342 valence electrons. The Labute approximate surface area is 359 Å². The minimum absolute atomic E-state index is 0.0385. The minimum Gasteiger partial charge on any atom is -0.448 e. The number of rotatable bonds is 42. The van der Waals surface area contributed by atoms with Crippen molar-refractivity contribution in [1.82, 2.24) is 4.90 Å². The van der Waals surface area contributed by atoms with Gasteiger partial charge in [0.1, 0.15) is 6.61 Å². The predicted octanol–water partition coefficient (Wildman–Crippen LogP) is 6.41. The molecule has 0 unspecified atom stereocenters. The van der Waals surface area contributed by atoms with Gasteiger partial charge in [-0.2, -0.15) is 0 Å². The Morgan fingerprint density at radius 2 is 0.750 bits per heavy atom. The summed E-state index contributed by atoms with van der Waals surface area (Å²) in [6, 6.07) is 16.6.